The molecule has 94 valence electrons. The van der Waals surface area contributed by atoms with Crippen LogP contribution in [0.2, 0.25) is 0 Å². The Labute approximate surface area is 111 Å². The van der Waals surface area contributed by atoms with Gasteiger partial charge in [0, 0.05) is 23.1 Å². The SMILES string of the molecule is CC1NCCC1C(=O)Cc1csc2ccccc12. The minimum atomic E-state index is 0.198. The molecule has 18 heavy (non-hydrogen) atoms. The molecule has 3 heteroatoms. The molecule has 0 amide bonds. The Morgan fingerprint density at radius 3 is 3.06 bits per heavy atom. The average molecular weight is 259 g/mol. The number of thiophene rings is 1. The van der Waals surface area contributed by atoms with E-state index in [1.54, 1.807) is 11.3 Å². The second-order valence-electron chi connectivity index (χ2n) is 5.04. The summed E-state index contributed by atoms with van der Waals surface area (Å²) < 4.78 is 1.28. The molecule has 0 radical (unpaired) electrons. The second-order valence-corrected chi connectivity index (χ2v) is 5.95. The minimum absolute atomic E-state index is 0.198. The zero-order valence-electron chi connectivity index (χ0n) is 10.5. The smallest absolute Gasteiger partial charge is 0.141 e. The monoisotopic (exact) mass is 259 g/mol. The van der Waals surface area contributed by atoms with Gasteiger partial charge in [-0.15, -0.1) is 11.3 Å². The number of benzene rings is 1. The van der Waals surface area contributed by atoms with Crippen LogP contribution in [0.4, 0.5) is 0 Å². The first kappa shape index (κ1) is 11.9. The van der Waals surface area contributed by atoms with E-state index in [0.29, 0.717) is 18.2 Å². The molecular formula is C15H17NOS. The van der Waals surface area contributed by atoms with Gasteiger partial charge >= 0.3 is 0 Å². The largest absolute Gasteiger partial charge is 0.314 e. The molecule has 2 heterocycles. The van der Waals surface area contributed by atoms with Crippen LogP contribution in [0.15, 0.2) is 29.6 Å². The number of hydrogen-bond acceptors (Lipinski definition) is 3. The first-order valence-corrected chi connectivity index (χ1v) is 7.35. The molecule has 2 nitrogen and oxygen atoms in total. The summed E-state index contributed by atoms with van der Waals surface area (Å²) in [7, 11) is 0. The highest BCUT2D eigenvalue weighted by Crippen LogP contribution is 2.27. The van der Waals surface area contributed by atoms with E-state index in [2.05, 4.69) is 29.8 Å². The zero-order chi connectivity index (χ0) is 12.5. The van der Waals surface area contributed by atoms with Gasteiger partial charge in [-0.3, -0.25) is 4.79 Å². The van der Waals surface area contributed by atoms with Crippen molar-refractivity contribution in [3.05, 3.63) is 35.2 Å². The molecule has 1 fully saturated rings. The van der Waals surface area contributed by atoms with Gasteiger partial charge in [0.15, 0.2) is 0 Å². The van der Waals surface area contributed by atoms with Crippen LogP contribution in [-0.2, 0) is 11.2 Å². The summed E-state index contributed by atoms with van der Waals surface area (Å²) in [5.41, 5.74) is 1.19. The normalized spacial score (nSPS) is 23.6. The highest BCUT2D eigenvalue weighted by Gasteiger charge is 2.29. The molecule has 2 unspecified atom stereocenters. The standard InChI is InChI=1S/C15H17NOS/c1-10-12(6-7-16-10)14(17)8-11-9-18-15-5-3-2-4-13(11)15/h2-5,9-10,12,16H,6-8H2,1H3. The summed E-state index contributed by atoms with van der Waals surface area (Å²) in [6, 6.07) is 8.66. The molecule has 2 aromatic rings. The van der Waals surface area contributed by atoms with Crippen LogP contribution in [0.3, 0.4) is 0 Å². The van der Waals surface area contributed by atoms with Gasteiger partial charge < -0.3 is 5.32 Å². The fraction of sp³-hybridized carbons (Fsp3) is 0.400. The lowest BCUT2D eigenvalue weighted by Crippen LogP contribution is -2.29. The van der Waals surface area contributed by atoms with Crippen molar-refractivity contribution in [3.8, 4) is 0 Å². The molecule has 2 atom stereocenters. The Morgan fingerprint density at radius 2 is 2.28 bits per heavy atom. The van der Waals surface area contributed by atoms with Crippen molar-refractivity contribution in [1.29, 1.82) is 0 Å². The molecular weight excluding hydrogens is 242 g/mol. The molecule has 1 aromatic carbocycles. The van der Waals surface area contributed by atoms with Gasteiger partial charge in [0.2, 0.25) is 0 Å². The summed E-state index contributed by atoms with van der Waals surface area (Å²) in [5, 5.41) is 6.73. The lowest BCUT2D eigenvalue weighted by atomic mass is 9.92. The van der Waals surface area contributed by atoms with E-state index < -0.39 is 0 Å². The zero-order valence-corrected chi connectivity index (χ0v) is 11.3. The van der Waals surface area contributed by atoms with Gasteiger partial charge in [0.1, 0.15) is 5.78 Å². The third-order valence-electron chi connectivity index (χ3n) is 3.86. The molecule has 0 spiro atoms. The van der Waals surface area contributed by atoms with Crippen LogP contribution < -0.4 is 5.32 Å². The highest BCUT2D eigenvalue weighted by molar-refractivity contribution is 7.17. The molecule has 1 N–H and O–H groups in total. The number of rotatable bonds is 3. The third kappa shape index (κ3) is 2.08. The predicted molar refractivity (Wildman–Crippen MR) is 76.1 cm³/mol. The summed E-state index contributed by atoms with van der Waals surface area (Å²) in [6.07, 6.45) is 1.57. The Balaban J connectivity index is 1.82. The van der Waals surface area contributed by atoms with Crippen molar-refractivity contribution in [1.82, 2.24) is 5.32 Å². The Bertz CT molecular complexity index is 575. The van der Waals surface area contributed by atoms with Crippen molar-refractivity contribution >= 4 is 27.2 Å². The number of fused-ring (bicyclic) bond motifs is 1. The van der Waals surface area contributed by atoms with Gasteiger partial charge in [-0.05, 0) is 42.3 Å². The summed E-state index contributed by atoms with van der Waals surface area (Å²) >= 11 is 1.73. The lowest BCUT2D eigenvalue weighted by Gasteiger charge is -2.13. The van der Waals surface area contributed by atoms with Crippen LogP contribution in [0.1, 0.15) is 18.9 Å². The number of nitrogens with one attached hydrogen (secondary N) is 1. The minimum Gasteiger partial charge on any atom is -0.314 e. The number of Topliss-reactive ketones (excluding diaryl/α,β-unsaturated/α-hetero) is 1. The number of carbonyl (C=O) groups excluding carboxylic acids is 1. The van der Waals surface area contributed by atoms with E-state index in [0.717, 1.165) is 13.0 Å². The Kier molecular flexibility index (Phi) is 3.18. The van der Waals surface area contributed by atoms with Crippen molar-refractivity contribution in [3.63, 3.8) is 0 Å². The topological polar surface area (TPSA) is 29.1 Å². The van der Waals surface area contributed by atoms with Crippen LogP contribution in [0.25, 0.3) is 10.1 Å². The van der Waals surface area contributed by atoms with Gasteiger partial charge in [-0.25, -0.2) is 0 Å². The van der Waals surface area contributed by atoms with E-state index in [9.17, 15) is 4.79 Å². The summed E-state index contributed by atoms with van der Waals surface area (Å²) in [6.45, 7) is 3.09. The molecule has 3 rings (SSSR count). The van der Waals surface area contributed by atoms with E-state index in [1.807, 2.05) is 12.1 Å². The Morgan fingerprint density at radius 1 is 1.44 bits per heavy atom. The third-order valence-corrected chi connectivity index (χ3v) is 4.88. The van der Waals surface area contributed by atoms with Crippen LogP contribution >= 0.6 is 11.3 Å². The summed E-state index contributed by atoms with van der Waals surface area (Å²) in [4.78, 5) is 12.3. The van der Waals surface area contributed by atoms with E-state index in [-0.39, 0.29) is 5.92 Å². The first-order chi connectivity index (χ1) is 8.75. The highest BCUT2D eigenvalue weighted by atomic mass is 32.1. The van der Waals surface area contributed by atoms with Crippen molar-refractivity contribution in [2.45, 2.75) is 25.8 Å². The molecule has 0 saturated carbocycles. The Hall–Kier alpha value is -1.19. The van der Waals surface area contributed by atoms with Gasteiger partial charge in [-0.2, -0.15) is 0 Å². The number of ketones is 1. The predicted octanol–water partition coefficient (Wildman–Crippen LogP) is 3.01. The second kappa shape index (κ2) is 4.82. The van der Waals surface area contributed by atoms with Crippen LogP contribution in [0, 0.1) is 5.92 Å². The van der Waals surface area contributed by atoms with E-state index in [4.69, 9.17) is 0 Å². The van der Waals surface area contributed by atoms with E-state index in [1.165, 1.54) is 15.6 Å². The molecule has 1 aliphatic rings. The number of carbonyl (C=O) groups is 1. The van der Waals surface area contributed by atoms with Gasteiger partial charge in [-0.1, -0.05) is 18.2 Å². The fourth-order valence-electron chi connectivity index (χ4n) is 2.79. The van der Waals surface area contributed by atoms with Gasteiger partial charge in [0.25, 0.3) is 0 Å². The maximum Gasteiger partial charge on any atom is 0.141 e. The molecule has 0 aliphatic carbocycles. The van der Waals surface area contributed by atoms with Crippen LogP contribution in [-0.4, -0.2) is 18.4 Å². The lowest BCUT2D eigenvalue weighted by molar-refractivity contribution is -0.122. The van der Waals surface area contributed by atoms with Crippen LogP contribution in [0.5, 0.6) is 0 Å². The number of hydrogen-bond donors (Lipinski definition) is 1. The first-order valence-electron chi connectivity index (χ1n) is 6.47. The summed E-state index contributed by atoms with van der Waals surface area (Å²) in [5.74, 6) is 0.583. The average Bonchev–Trinajstić information content (AvgIpc) is 2.97. The van der Waals surface area contributed by atoms with Crippen molar-refractivity contribution in [2.24, 2.45) is 5.92 Å². The quantitative estimate of drug-likeness (QED) is 0.918. The van der Waals surface area contributed by atoms with Crippen molar-refractivity contribution in [2.75, 3.05) is 6.54 Å². The molecule has 1 aromatic heterocycles. The van der Waals surface area contributed by atoms with E-state index >= 15 is 0 Å². The maximum absolute atomic E-state index is 12.3. The molecule has 1 saturated heterocycles. The molecule has 1 aliphatic heterocycles. The molecule has 0 bridgehead atoms. The van der Waals surface area contributed by atoms with Gasteiger partial charge in [0.05, 0.1) is 0 Å². The van der Waals surface area contributed by atoms with Crippen molar-refractivity contribution < 1.29 is 4.79 Å². The fourth-order valence-corrected chi connectivity index (χ4v) is 3.75. The maximum atomic E-state index is 12.3.